The van der Waals surface area contributed by atoms with E-state index >= 15 is 0 Å². The number of aromatic nitrogens is 2. The Kier molecular flexibility index (Phi) is 3.71. The standard InChI is InChI=1S/C14H20ClN3O3/c1-8-11(15)12(17-16-8)13(20)18-6-5-14(21-2)4-3-9(19)7-10(14)18/h9-10,19H,3-7H2,1-2H3,(H,16,17)/t9-,10-,14+/m0/s1. The first kappa shape index (κ1) is 14.8. The average molecular weight is 314 g/mol. The number of aryl methyl sites for hydroxylation is 1. The highest BCUT2D eigenvalue weighted by Gasteiger charge is 2.52. The van der Waals surface area contributed by atoms with Crippen LogP contribution in [0.15, 0.2) is 0 Å². The Bertz CT molecular complexity index is 562. The fourth-order valence-electron chi connectivity index (χ4n) is 3.61. The van der Waals surface area contributed by atoms with Crippen molar-refractivity contribution in [1.82, 2.24) is 15.1 Å². The first-order valence-corrected chi connectivity index (χ1v) is 7.61. The molecule has 1 saturated carbocycles. The van der Waals surface area contributed by atoms with Crippen LogP contribution in [0.25, 0.3) is 0 Å². The molecule has 1 aliphatic heterocycles. The Balaban J connectivity index is 1.89. The first-order chi connectivity index (χ1) is 9.98. The molecule has 0 unspecified atom stereocenters. The van der Waals surface area contributed by atoms with Gasteiger partial charge in [0.05, 0.1) is 28.5 Å². The van der Waals surface area contributed by atoms with Crippen LogP contribution in [0, 0.1) is 6.92 Å². The van der Waals surface area contributed by atoms with Gasteiger partial charge < -0.3 is 14.7 Å². The van der Waals surface area contributed by atoms with Gasteiger partial charge in [0.25, 0.3) is 5.91 Å². The predicted octanol–water partition coefficient (Wildman–Crippen LogP) is 1.52. The average Bonchev–Trinajstić information content (AvgIpc) is 3.01. The van der Waals surface area contributed by atoms with Gasteiger partial charge in [-0.25, -0.2) is 0 Å². The Labute approximate surface area is 128 Å². The molecule has 21 heavy (non-hydrogen) atoms. The molecule has 2 N–H and O–H groups in total. The minimum atomic E-state index is -0.386. The lowest BCUT2D eigenvalue weighted by Crippen LogP contribution is -2.52. The van der Waals surface area contributed by atoms with Crippen molar-refractivity contribution in [3.05, 3.63) is 16.4 Å². The Morgan fingerprint density at radius 2 is 2.33 bits per heavy atom. The van der Waals surface area contributed by atoms with Crippen LogP contribution in [0.5, 0.6) is 0 Å². The number of aromatic amines is 1. The van der Waals surface area contributed by atoms with E-state index in [1.807, 2.05) is 0 Å². The van der Waals surface area contributed by atoms with Crippen LogP contribution in [0.4, 0.5) is 0 Å². The van der Waals surface area contributed by atoms with Crippen LogP contribution in [0.3, 0.4) is 0 Å². The van der Waals surface area contributed by atoms with Gasteiger partial charge in [0, 0.05) is 13.7 Å². The monoisotopic (exact) mass is 313 g/mol. The van der Waals surface area contributed by atoms with Gasteiger partial charge in [0.1, 0.15) is 0 Å². The topological polar surface area (TPSA) is 78.5 Å². The lowest BCUT2D eigenvalue weighted by Gasteiger charge is -2.42. The second-order valence-corrected chi connectivity index (χ2v) is 6.35. The summed E-state index contributed by atoms with van der Waals surface area (Å²) in [6.45, 7) is 2.38. The van der Waals surface area contributed by atoms with Crippen molar-refractivity contribution in [2.45, 2.75) is 50.4 Å². The van der Waals surface area contributed by atoms with Gasteiger partial charge in [-0.15, -0.1) is 0 Å². The van der Waals surface area contributed by atoms with Gasteiger partial charge >= 0.3 is 0 Å². The maximum absolute atomic E-state index is 12.7. The molecule has 2 heterocycles. The molecular weight excluding hydrogens is 294 g/mol. The van der Waals surface area contributed by atoms with Crippen molar-refractivity contribution in [3.63, 3.8) is 0 Å². The number of rotatable bonds is 2. The molecule has 0 spiro atoms. The maximum atomic E-state index is 12.7. The van der Waals surface area contributed by atoms with Gasteiger partial charge in [0.2, 0.25) is 0 Å². The Hall–Kier alpha value is -1.11. The van der Waals surface area contributed by atoms with Gasteiger partial charge in [-0.3, -0.25) is 9.89 Å². The second-order valence-electron chi connectivity index (χ2n) is 5.97. The fourth-order valence-corrected chi connectivity index (χ4v) is 3.78. The number of hydrogen-bond acceptors (Lipinski definition) is 4. The van der Waals surface area contributed by atoms with Crippen molar-refractivity contribution < 1.29 is 14.6 Å². The molecule has 2 aliphatic rings. The van der Waals surface area contributed by atoms with E-state index in [0.29, 0.717) is 30.1 Å². The highest BCUT2D eigenvalue weighted by Crippen LogP contribution is 2.43. The summed E-state index contributed by atoms with van der Waals surface area (Å²) < 4.78 is 5.74. The van der Waals surface area contributed by atoms with Gasteiger partial charge in [0.15, 0.2) is 5.69 Å². The summed E-state index contributed by atoms with van der Waals surface area (Å²) in [4.78, 5) is 14.5. The molecule has 2 fully saturated rings. The summed E-state index contributed by atoms with van der Waals surface area (Å²) in [5.41, 5.74) is 0.592. The third kappa shape index (κ3) is 2.25. The van der Waals surface area contributed by atoms with Crippen molar-refractivity contribution >= 4 is 17.5 Å². The molecule has 1 saturated heterocycles. The predicted molar refractivity (Wildman–Crippen MR) is 77.4 cm³/mol. The van der Waals surface area contributed by atoms with Gasteiger partial charge in [-0.1, -0.05) is 11.6 Å². The molecular formula is C14H20ClN3O3. The number of carbonyl (C=O) groups is 1. The minimum Gasteiger partial charge on any atom is -0.393 e. The maximum Gasteiger partial charge on any atom is 0.276 e. The van der Waals surface area contributed by atoms with E-state index in [9.17, 15) is 9.90 Å². The van der Waals surface area contributed by atoms with E-state index in [4.69, 9.17) is 16.3 Å². The fraction of sp³-hybridized carbons (Fsp3) is 0.714. The zero-order valence-electron chi connectivity index (χ0n) is 12.2. The lowest BCUT2D eigenvalue weighted by molar-refractivity contribution is -0.0824. The van der Waals surface area contributed by atoms with Crippen LogP contribution < -0.4 is 0 Å². The number of nitrogens with one attached hydrogen (secondary N) is 1. The minimum absolute atomic E-state index is 0.119. The number of aliphatic hydroxyl groups excluding tert-OH is 1. The van der Waals surface area contributed by atoms with Crippen molar-refractivity contribution in [2.75, 3.05) is 13.7 Å². The summed E-state index contributed by atoms with van der Waals surface area (Å²) in [5, 5.41) is 17.1. The number of likely N-dealkylation sites (tertiary alicyclic amines) is 1. The number of carbonyl (C=O) groups excluding carboxylic acids is 1. The number of hydrogen-bond donors (Lipinski definition) is 2. The normalized spacial score (nSPS) is 32.3. The molecule has 0 aromatic carbocycles. The Morgan fingerprint density at radius 3 is 2.95 bits per heavy atom. The molecule has 3 rings (SSSR count). The van der Waals surface area contributed by atoms with Crippen LogP contribution in [-0.4, -0.2) is 57.5 Å². The third-order valence-electron chi connectivity index (χ3n) is 4.90. The van der Waals surface area contributed by atoms with Crippen molar-refractivity contribution in [3.8, 4) is 0 Å². The highest BCUT2D eigenvalue weighted by molar-refractivity contribution is 6.34. The number of fused-ring (bicyclic) bond motifs is 1. The molecule has 3 atom stereocenters. The number of aliphatic hydroxyl groups is 1. The Morgan fingerprint density at radius 1 is 1.57 bits per heavy atom. The van der Waals surface area contributed by atoms with E-state index in [-0.39, 0.29) is 29.3 Å². The SMILES string of the molecule is CO[C@@]12CC[C@H](O)C[C@@H]1N(C(=O)c1n[nH]c(C)c1Cl)CC2. The number of H-pyrrole nitrogens is 1. The summed E-state index contributed by atoms with van der Waals surface area (Å²) in [5.74, 6) is -0.192. The molecule has 1 aromatic rings. The number of nitrogens with zero attached hydrogens (tertiary/aromatic N) is 2. The number of halogens is 1. The summed E-state index contributed by atoms with van der Waals surface area (Å²) in [6, 6.07) is -0.119. The molecule has 1 aliphatic carbocycles. The largest absolute Gasteiger partial charge is 0.393 e. The zero-order valence-corrected chi connectivity index (χ0v) is 13.0. The number of amides is 1. The van der Waals surface area contributed by atoms with Crippen LogP contribution in [0.1, 0.15) is 41.9 Å². The van der Waals surface area contributed by atoms with E-state index in [1.165, 1.54) is 0 Å². The van der Waals surface area contributed by atoms with Crippen LogP contribution in [-0.2, 0) is 4.74 Å². The molecule has 0 bridgehead atoms. The summed E-state index contributed by atoms with van der Waals surface area (Å²) >= 11 is 6.13. The van der Waals surface area contributed by atoms with Crippen molar-refractivity contribution in [1.29, 1.82) is 0 Å². The van der Waals surface area contributed by atoms with E-state index in [0.717, 1.165) is 12.8 Å². The third-order valence-corrected chi connectivity index (χ3v) is 5.36. The lowest BCUT2D eigenvalue weighted by atomic mass is 9.79. The first-order valence-electron chi connectivity index (χ1n) is 7.23. The van der Waals surface area contributed by atoms with Crippen LogP contribution in [0.2, 0.25) is 5.02 Å². The molecule has 7 heteroatoms. The molecule has 6 nitrogen and oxygen atoms in total. The van der Waals surface area contributed by atoms with Crippen LogP contribution >= 0.6 is 11.6 Å². The summed E-state index contributed by atoms with van der Waals surface area (Å²) in [7, 11) is 1.68. The summed E-state index contributed by atoms with van der Waals surface area (Å²) in [6.07, 6.45) is 2.43. The second kappa shape index (κ2) is 5.26. The van der Waals surface area contributed by atoms with Gasteiger partial charge in [-0.05, 0) is 32.6 Å². The number of ether oxygens (including phenoxy) is 1. The van der Waals surface area contributed by atoms with Gasteiger partial charge in [-0.2, -0.15) is 5.10 Å². The molecule has 1 amide bonds. The quantitative estimate of drug-likeness (QED) is 0.867. The van der Waals surface area contributed by atoms with E-state index in [2.05, 4.69) is 10.2 Å². The van der Waals surface area contributed by atoms with Crippen molar-refractivity contribution in [2.24, 2.45) is 0 Å². The zero-order chi connectivity index (χ0) is 15.2. The molecule has 1 aromatic heterocycles. The highest BCUT2D eigenvalue weighted by atomic mass is 35.5. The van der Waals surface area contributed by atoms with E-state index < -0.39 is 0 Å². The smallest absolute Gasteiger partial charge is 0.276 e. The molecule has 116 valence electrons. The molecule has 0 radical (unpaired) electrons. The van der Waals surface area contributed by atoms with E-state index in [1.54, 1.807) is 18.9 Å². The number of methoxy groups -OCH3 is 1.